The average Bonchev–Trinajstić information content (AvgIpc) is 2.75. The van der Waals surface area contributed by atoms with Crippen LogP contribution in [-0.4, -0.2) is 9.55 Å². The Bertz CT molecular complexity index is 647. The first-order chi connectivity index (χ1) is 8.33. The second-order valence-corrected chi connectivity index (χ2v) is 4.35. The average molecular weight is 222 g/mol. The summed E-state index contributed by atoms with van der Waals surface area (Å²) in [6.45, 7) is 0. The van der Waals surface area contributed by atoms with Gasteiger partial charge in [-0.3, -0.25) is 4.98 Å². The second-order valence-electron chi connectivity index (χ2n) is 4.35. The van der Waals surface area contributed by atoms with Crippen LogP contribution in [0.15, 0.2) is 55.0 Å². The Labute approximate surface area is 101 Å². The van der Waals surface area contributed by atoms with Gasteiger partial charge >= 0.3 is 0 Å². The van der Waals surface area contributed by atoms with Crippen molar-refractivity contribution in [1.82, 2.24) is 9.55 Å². The fourth-order valence-electron chi connectivity index (χ4n) is 2.20. The van der Waals surface area contributed by atoms with Crippen molar-refractivity contribution in [3.63, 3.8) is 0 Å². The van der Waals surface area contributed by atoms with Gasteiger partial charge in [-0.1, -0.05) is 24.3 Å². The van der Waals surface area contributed by atoms with Crippen LogP contribution >= 0.6 is 0 Å². The topological polar surface area (TPSA) is 17.8 Å². The molecule has 17 heavy (non-hydrogen) atoms. The lowest BCUT2D eigenvalue weighted by Crippen LogP contribution is -1.90. The van der Waals surface area contributed by atoms with Crippen LogP contribution in [0.1, 0.15) is 11.1 Å². The summed E-state index contributed by atoms with van der Waals surface area (Å²) >= 11 is 0. The number of pyridine rings is 1. The fraction of sp³-hybridized carbons (Fsp3) is 0.133. The molecule has 84 valence electrons. The molecule has 0 amide bonds. The number of hydrogen-bond donors (Lipinski definition) is 0. The number of aryl methyl sites for hydroxylation is 1. The smallest absolute Gasteiger partial charge is 0.0737 e. The van der Waals surface area contributed by atoms with Crippen LogP contribution in [0.2, 0.25) is 0 Å². The van der Waals surface area contributed by atoms with Crippen molar-refractivity contribution < 1.29 is 0 Å². The second kappa shape index (κ2) is 4.06. The number of hydrogen-bond acceptors (Lipinski definition) is 1. The van der Waals surface area contributed by atoms with Gasteiger partial charge in [-0.2, -0.15) is 0 Å². The van der Waals surface area contributed by atoms with Crippen molar-refractivity contribution >= 4 is 10.9 Å². The number of rotatable bonds is 2. The minimum atomic E-state index is 0.940. The van der Waals surface area contributed by atoms with Crippen LogP contribution in [0.4, 0.5) is 0 Å². The van der Waals surface area contributed by atoms with Gasteiger partial charge in [0.25, 0.3) is 0 Å². The van der Waals surface area contributed by atoms with Crippen LogP contribution < -0.4 is 0 Å². The molecule has 0 saturated heterocycles. The molecule has 0 aliphatic rings. The van der Waals surface area contributed by atoms with E-state index in [2.05, 4.69) is 52.3 Å². The summed E-state index contributed by atoms with van der Waals surface area (Å²) in [4.78, 5) is 4.48. The summed E-state index contributed by atoms with van der Waals surface area (Å²) in [5.74, 6) is 0. The molecule has 0 N–H and O–H groups in total. The molecule has 0 bridgehead atoms. The maximum absolute atomic E-state index is 4.48. The number of nitrogens with zero attached hydrogens (tertiary/aromatic N) is 2. The molecule has 2 heteroatoms. The highest BCUT2D eigenvalue weighted by molar-refractivity contribution is 5.81. The Morgan fingerprint density at radius 2 is 2.00 bits per heavy atom. The van der Waals surface area contributed by atoms with Crippen molar-refractivity contribution in [3.05, 3.63) is 66.1 Å². The van der Waals surface area contributed by atoms with E-state index in [4.69, 9.17) is 0 Å². The Balaban J connectivity index is 2.05. The van der Waals surface area contributed by atoms with Crippen LogP contribution in [0.3, 0.4) is 0 Å². The highest BCUT2D eigenvalue weighted by Gasteiger charge is 2.03. The third-order valence-corrected chi connectivity index (χ3v) is 3.00. The molecule has 0 saturated carbocycles. The van der Waals surface area contributed by atoms with Crippen molar-refractivity contribution in [1.29, 1.82) is 0 Å². The molecule has 0 unspecified atom stereocenters. The molecule has 3 aromatic rings. The Morgan fingerprint density at radius 1 is 1.12 bits per heavy atom. The molecule has 0 aliphatic heterocycles. The van der Waals surface area contributed by atoms with Gasteiger partial charge in [-0.05, 0) is 23.3 Å². The van der Waals surface area contributed by atoms with Crippen LogP contribution in [0.25, 0.3) is 10.9 Å². The van der Waals surface area contributed by atoms with Gasteiger partial charge in [-0.25, -0.2) is 0 Å². The van der Waals surface area contributed by atoms with Crippen LogP contribution in [-0.2, 0) is 13.5 Å². The van der Waals surface area contributed by atoms with E-state index >= 15 is 0 Å². The lowest BCUT2D eigenvalue weighted by Gasteiger charge is -2.04. The molecule has 0 fully saturated rings. The zero-order valence-corrected chi connectivity index (χ0v) is 9.80. The predicted molar refractivity (Wildman–Crippen MR) is 70.0 cm³/mol. The van der Waals surface area contributed by atoms with Gasteiger partial charge in [-0.15, -0.1) is 0 Å². The van der Waals surface area contributed by atoms with Gasteiger partial charge in [0.2, 0.25) is 0 Å². The van der Waals surface area contributed by atoms with Crippen molar-refractivity contribution in [3.8, 4) is 0 Å². The maximum Gasteiger partial charge on any atom is 0.0737 e. The first-order valence-corrected chi connectivity index (χ1v) is 5.76. The molecule has 2 aromatic heterocycles. The number of fused-ring (bicyclic) bond motifs is 1. The first kappa shape index (κ1) is 10.1. The van der Waals surface area contributed by atoms with Crippen molar-refractivity contribution in [2.24, 2.45) is 7.05 Å². The third kappa shape index (κ3) is 1.94. The van der Waals surface area contributed by atoms with Gasteiger partial charge < -0.3 is 4.57 Å². The third-order valence-electron chi connectivity index (χ3n) is 3.00. The largest absolute Gasteiger partial charge is 0.357 e. The molecule has 2 heterocycles. The van der Waals surface area contributed by atoms with E-state index in [1.165, 1.54) is 16.5 Å². The SMILES string of the molecule is Cn1ccc(Cc2cccc3cccnc23)c1. The van der Waals surface area contributed by atoms with Crippen LogP contribution in [0.5, 0.6) is 0 Å². The molecule has 0 atom stereocenters. The maximum atomic E-state index is 4.48. The minimum Gasteiger partial charge on any atom is -0.357 e. The monoisotopic (exact) mass is 222 g/mol. The van der Waals surface area contributed by atoms with Crippen molar-refractivity contribution in [2.45, 2.75) is 6.42 Å². The first-order valence-electron chi connectivity index (χ1n) is 5.76. The van der Waals surface area contributed by atoms with Crippen molar-refractivity contribution in [2.75, 3.05) is 0 Å². The lowest BCUT2D eigenvalue weighted by atomic mass is 10.0. The van der Waals surface area contributed by atoms with Gasteiger partial charge in [0.15, 0.2) is 0 Å². The lowest BCUT2D eigenvalue weighted by molar-refractivity contribution is 0.921. The van der Waals surface area contributed by atoms with Crippen LogP contribution in [0, 0.1) is 0 Å². The summed E-state index contributed by atoms with van der Waals surface area (Å²) in [6.07, 6.45) is 7.03. The number of benzene rings is 1. The van der Waals surface area contributed by atoms with E-state index in [0.29, 0.717) is 0 Å². The highest BCUT2D eigenvalue weighted by Crippen LogP contribution is 2.19. The molecular formula is C15H14N2. The molecule has 0 aliphatic carbocycles. The molecule has 2 nitrogen and oxygen atoms in total. The van der Waals surface area contributed by atoms with E-state index in [9.17, 15) is 0 Å². The summed E-state index contributed by atoms with van der Waals surface area (Å²) in [6, 6.07) is 12.6. The normalized spacial score (nSPS) is 10.9. The van der Waals surface area contributed by atoms with E-state index in [0.717, 1.165) is 11.9 Å². The zero-order valence-electron chi connectivity index (χ0n) is 9.80. The van der Waals surface area contributed by atoms with E-state index in [1.807, 2.05) is 19.3 Å². The van der Waals surface area contributed by atoms with Gasteiger partial charge in [0.1, 0.15) is 0 Å². The van der Waals surface area contributed by atoms with E-state index in [1.54, 1.807) is 0 Å². The summed E-state index contributed by atoms with van der Waals surface area (Å²) in [7, 11) is 2.05. The summed E-state index contributed by atoms with van der Waals surface area (Å²) < 4.78 is 2.08. The molecule has 0 spiro atoms. The highest BCUT2D eigenvalue weighted by atomic mass is 14.9. The van der Waals surface area contributed by atoms with E-state index in [-0.39, 0.29) is 0 Å². The zero-order chi connectivity index (χ0) is 11.7. The molecular weight excluding hydrogens is 208 g/mol. The molecule has 1 aromatic carbocycles. The predicted octanol–water partition coefficient (Wildman–Crippen LogP) is 3.16. The molecule has 0 radical (unpaired) electrons. The minimum absolute atomic E-state index is 0.940. The fourth-order valence-corrected chi connectivity index (χ4v) is 2.20. The standard InChI is InChI=1S/C15H14N2/c1-17-9-7-12(11-17)10-14-5-2-4-13-6-3-8-16-15(13)14/h2-9,11H,10H2,1H3. The number of aromatic nitrogens is 2. The number of para-hydroxylation sites is 1. The Morgan fingerprint density at radius 3 is 2.82 bits per heavy atom. The van der Waals surface area contributed by atoms with E-state index < -0.39 is 0 Å². The van der Waals surface area contributed by atoms with Gasteiger partial charge in [0.05, 0.1) is 5.52 Å². The Hall–Kier alpha value is -2.09. The van der Waals surface area contributed by atoms with Gasteiger partial charge in [0, 0.05) is 37.4 Å². The Kier molecular flexibility index (Phi) is 2.41. The molecule has 3 rings (SSSR count). The quantitative estimate of drug-likeness (QED) is 0.651. The summed E-state index contributed by atoms with van der Waals surface area (Å²) in [5, 5.41) is 1.21. The summed E-state index contributed by atoms with van der Waals surface area (Å²) in [5.41, 5.74) is 3.72.